The van der Waals surface area contributed by atoms with E-state index < -0.39 is 0 Å². The lowest BCUT2D eigenvalue weighted by atomic mass is 10.1. The van der Waals surface area contributed by atoms with E-state index in [-0.39, 0.29) is 0 Å². The van der Waals surface area contributed by atoms with Crippen molar-refractivity contribution in [3.05, 3.63) is 53.9 Å². The predicted molar refractivity (Wildman–Crippen MR) is 91.4 cm³/mol. The van der Waals surface area contributed by atoms with Crippen LogP contribution < -0.4 is 15.1 Å². The molecule has 0 unspecified atom stereocenters. The Kier molecular flexibility index (Phi) is 3.71. The number of aryl methyl sites for hydroxylation is 1. The molecule has 0 saturated heterocycles. The van der Waals surface area contributed by atoms with Crippen molar-refractivity contribution < 1.29 is 0 Å². The molecule has 1 aromatic heterocycles. The molecule has 1 aliphatic heterocycles. The Morgan fingerprint density at radius 3 is 2.91 bits per heavy atom. The van der Waals surface area contributed by atoms with Crippen molar-refractivity contribution in [2.75, 3.05) is 35.8 Å². The second-order valence-electron chi connectivity index (χ2n) is 5.73. The van der Waals surface area contributed by atoms with Gasteiger partial charge in [-0.15, -0.1) is 0 Å². The quantitative estimate of drug-likeness (QED) is 0.943. The Morgan fingerprint density at radius 1 is 1.32 bits per heavy atom. The third-order valence-electron chi connectivity index (χ3n) is 3.90. The van der Waals surface area contributed by atoms with Crippen molar-refractivity contribution in [2.45, 2.75) is 13.5 Å². The van der Waals surface area contributed by atoms with Gasteiger partial charge in [-0.2, -0.15) is 4.98 Å². The standard InChI is InChI=1S/C17H21N5/c1-12-6-5-7-14(8-12)9-18-17-19-10-15-16(20-17)21(3)11-13(2)22(15)4/h5-8,10H,2,9,11H2,1,3-4H3,(H,18,19,20). The molecule has 1 aliphatic rings. The highest BCUT2D eigenvalue weighted by atomic mass is 15.3. The van der Waals surface area contributed by atoms with Gasteiger partial charge < -0.3 is 15.1 Å². The number of hydrogen-bond acceptors (Lipinski definition) is 5. The third-order valence-corrected chi connectivity index (χ3v) is 3.90. The Morgan fingerprint density at radius 2 is 2.14 bits per heavy atom. The summed E-state index contributed by atoms with van der Waals surface area (Å²) in [7, 11) is 4.02. The molecule has 0 saturated carbocycles. The Bertz CT molecular complexity index is 710. The van der Waals surface area contributed by atoms with E-state index in [0.29, 0.717) is 12.5 Å². The molecule has 114 valence electrons. The van der Waals surface area contributed by atoms with Crippen molar-refractivity contribution >= 4 is 17.5 Å². The Labute approximate surface area is 131 Å². The molecule has 0 fully saturated rings. The van der Waals surface area contributed by atoms with E-state index in [9.17, 15) is 0 Å². The molecule has 5 heteroatoms. The first kappa shape index (κ1) is 14.4. The second kappa shape index (κ2) is 5.67. The van der Waals surface area contributed by atoms with Gasteiger partial charge in [0.05, 0.1) is 12.7 Å². The second-order valence-corrected chi connectivity index (χ2v) is 5.73. The molecule has 0 atom stereocenters. The first-order valence-electron chi connectivity index (χ1n) is 7.33. The van der Waals surface area contributed by atoms with Crippen LogP contribution in [0.2, 0.25) is 0 Å². The van der Waals surface area contributed by atoms with E-state index >= 15 is 0 Å². The van der Waals surface area contributed by atoms with Gasteiger partial charge in [0, 0.05) is 26.3 Å². The summed E-state index contributed by atoms with van der Waals surface area (Å²) in [4.78, 5) is 13.2. The summed E-state index contributed by atoms with van der Waals surface area (Å²) < 4.78 is 0. The number of benzene rings is 1. The Balaban J connectivity index is 1.79. The number of nitrogens with one attached hydrogen (secondary N) is 1. The van der Waals surface area contributed by atoms with Crippen LogP contribution in [-0.2, 0) is 6.54 Å². The first-order chi connectivity index (χ1) is 10.5. The smallest absolute Gasteiger partial charge is 0.225 e. The third kappa shape index (κ3) is 2.74. The monoisotopic (exact) mass is 295 g/mol. The van der Waals surface area contributed by atoms with Crippen LogP contribution in [0.1, 0.15) is 11.1 Å². The molecule has 3 rings (SSSR count). The topological polar surface area (TPSA) is 44.3 Å². The van der Waals surface area contributed by atoms with Gasteiger partial charge in [0.1, 0.15) is 5.69 Å². The van der Waals surface area contributed by atoms with E-state index in [0.717, 1.165) is 23.7 Å². The molecule has 0 radical (unpaired) electrons. The Hall–Kier alpha value is -2.56. The lowest BCUT2D eigenvalue weighted by Gasteiger charge is -2.34. The van der Waals surface area contributed by atoms with E-state index in [1.165, 1.54) is 11.1 Å². The first-order valence-corrected chi connectivity index (χ1v) is 7.33. The van der Waals surface area contributed by atoms with Crippen LogP contribution in [0.15, 0.2) is 42.7 Å². The zero-order chi connectivity index (χ0) is 15.7. The summed E-state index contributed by atoms with van der Waals surface area (Å²) in [5.41, 5.74) is 4.50. The minimum Gasteiger partial charge on any atom is -0.352 e. The molecular formula is C17H21N5. The number of rotatable bonds is 3. The fourth-order valence-electron chi connectivity index (χ4n) is 2.60. The molecule has 0 amide bonds. The lowest BCUT2D eigenvalue weighted by Crippen LogP contribution is -2.35. The number of likely N-dealkylation sites (N-methyl/N-ethyl adjacent to an activating group) is 2. The summed E-state index contributed by atoms with van der Waals surface area (Å²) in [5.74, 6) is 1.57. The lowest BCUT2D eigenvalue weighted by molar-refractivity contribution is 0.857. The van der Waals surface area contributed by atoms with Crippen molar-refractivity contribution in [3.63, 3.8) is 0 Å². The van der Waals surface area contributed by atoms with Crippen molar-refractivity contribution in [3.8, 4) is 0 Å². The number of hydrogen-bond donors (Lipinski definition) is 1. The van der Waals surface area contributed by atoms with Crippen LogP contribution in [0.3, 0.4) is 0 Å². The van der Waals surface area contributed by atoms with Crippen LogP contribution in [0.25, 0.3) is 0 Å². The largest absolute Gasteiger partial charge is 0.352 e. The molecule has 0 aliphatic carbocycles. The van der Waals surface area contributed by atoms with Crippen LogP contribution in [0.4, 0.5) is 17.5 Å². The maximum atomic E-state index is 4.64. The summed E-state index contributed by atoms with van der Waals surface area (Å²) in [5, 5.41) is 3.30. The highest BCUT2D eigenvalue weighted by molar-refractivity contribution is 5.72. The average molecular weight is 295 g/mol. The maximum absolute atomic E-state index is 4.64. The van der Waals surface area contributed by atoms with E-state index in [2.05, 4.69) is 58.0 Å². The zero-order valence-electron chi connectivity index (χ0n) is 13.3. The normalized spacial score (nSPS) is 14.0. The number of anilines is 3. The van der Waals surface area contributed by atoms with Crippen LogP contribution >= 0.6 is 0 Å². The number of aromatic nitrogens is 2. The van der Waals surface area contributed by atoms with Crippen LogP contribution in [-0.4, -0.2) is 30.6 Å². The predicted octanol–water partition coefficient (Wildman–Crippen LogP) is 2.80. The molecule has 0 bridgehead atoms. The molecule has 2 heterocycles. The zero-order valence-corrected chi connectivity index (χ0v) is 13.3. The molecule has 1 aromatic carbocycles. The van der Waals surface area contributed by atoms with Crippen molar-refractivity contribution in [2.24, 2.45) is 0 Å². The summed E-state index contributed by atoms with van der Waals surface area (Å²) in [6, 6.07) is 8.42. The fraction of sp³-hybridized carbons (Fsp3) is 0.294. The molecule has 1 N–H and O–H groups in total. The molecule has 0 spiro atoms. The van der Waals surface area contributed by atoms with Crippen molar-refractivity contribution in [1.29, 1.82) is 0 Å². The molecular weight excluding hydrogens is 274 g/mol. The van der Waals surface area contributed by atoms with Gasteiger partial charge in [0.2, 0.25) is 5.95 Å². The minimum atomic E-state index is 0.646. The SMILES string of the molecule is C=C1CN(C)c2nc(NCc3cccc(C)c3)ncc2N1C. The fourth-order valence-corrected chi connectivity index (χ4v) is 2.60. The number of nitrogens with zero attached hydrogens (tertiary/aromatic N) is 4. The highest BCUT2D eigenvalue weighted by Gasteiger charge is 2.22. The van der Waals surface area contributed by atoms with Gasteiger partial charge in [-0.3, -0.25) is 0 Å². The maximum Gasteiger partial charge on any atom is 0.225 e. The molecule has 2 aromatic rings. The van der Waals surface area contributed by atoms with Gasteiger partial charge >= 0.3 is 0 Å². The minimum absolute atomic E-state index is 0.646. The van der Waals surface area contributed by atoms with Gasteiger partial charge in [0.15, 0.2) is 5.82 Å². The van der Waals surface area contributed by atoms with Crippen LogP contribution in [0, 0.1) is 6.92 Å². The summed E-state index contributed by atoms with van der Waals surface area (Å²) >= 11 is 0. The molecule has 22 heavy (non-hydrogen) atoms. The van der Waals surface area contributed by atoms with Gasteiger partial charge in [-0.05, 0) is 12.5 Å². The van der Waals surface area contributed by atoms with Crippen molar-refractivity contribution in [1.82, 2.24) is 9.97 Å². The van der Waals surface area contributed by atoms with Crippen LogP contribution in [0.5, 0.6) is 0 Å². The van der Waals surface area contributed by atoms with Gasteiger partial charge in [-0.1, -0.05) is 36.4 Å². The molecule has 5 nitrogen and oxygen atoms in total. The van der Waals surface area contributed by atoms with E-state index in [1.54, 1.807) is 0 Å². The number of fused-ring (bicyclic) bond motifs is 1. The average Bonchev–Trinajstić information content (AvgIpc) is 2.51. The van der Waals surface area contributed by atoms with E-state index in [1.807, 2.05) is 25.2 Å². The highest BCUT2D eigenvalue weighted by Crippen LogP contribution is 2.32. The van der Waals surface area contributed by atoms with E-state index in [4.69, 9.17) is 0 Å². The summed E-state index contributed by atoms with van der Waals surface area (Å²) in [6.07, 6.45) is 1.85. The summed E-state index contributed by atoms with van der Waals surface area (Å²) in [6.45, 7) is 7.65. The van der Waals surface area contributed by atoms with Gasteiger partial charge in [-0.25, -0.2) is 4.98 Å². The van der Waals surface area contributed by atoms with Gasteiger partial charge in [0.25, 0.3) is 0 Å².